The summed E-state index contributed by atoms with van der Waals surface area (Å²) in [7, 11) is 0. The van der Waals surface area contributed by atoms with E-state index in [4.69, 9.17) is 9.61 Å². The van der Waals surface area contributed by atoms with Crippen LogP contribution in [0.25, 0.3) is 5.65 Å². The van der Waals surface area contributed by atoms with Crippen LogP contribution in [0.15, 0.2) is 23.1 Å². The van der Waals surface area contributed by atoms with Gasteiger partial charge in [-0.1, -0.05) is 12.1 Å². The first-order valence-corrected chi connectivity index (χ1v) is 13.1. The van der Waals surface area contributed by atoms with Crippen LogP contribution in [-0.4, -0.2) is 60.8 Å². The average Bonchev–Trinajstić information content (AvgIpc) is 3.45. The molecular formula is C25H30F2N8O3. The summed E-state index contributed by atoms with van der Waals surface area (Å²) in [6.07, 6.45) is 5.27. The zero-order valence-corrected chi connectivity index (χ0v) is 21.1. The molecule has 3 fully saturated rings. The molecule has 11 nitrogen and oxygen atoms in total. The Kier molecular flexibility index (Phi) is 6.23. The van der Waals surface area contributed by atoms with Crippen molar-refractivity contribution in [3.05, 3.63) is 41.1 Å². The average molecular weight is 529 g/mol. The van der Waals surface area contributed by atoms with Crippen LogP contribution in [0.5, 0.6) is 0 Å². The highest BCUT2D eigenvalue weighted by molar-refractivity contribution is 5.93. The monoisotopic (exact) mass is 528 g/mol. The lowest BCUT2D eigenvalue weighted by Crippen LogP contribution is -2.49. The van der Waals surface area contributed by atoms with Crippen molar-refractivity contribution in [1.82, 2.24) is 40.4 Å². The molecule has 3 aliphatic rings. The Labute approximate surface area is 217 Å². The lowest BCUT2D eigenvalue weighted by Gasteiger charge is -2.33. The van der Waals surface area contributed by atoms with Crippen molar-refractivity contribution in [3.8, 4) is 0 Å². The normalized spacial score (nSPS) is 22.9. The van der Waals surface area contributed by atoms with Gasteiger partial charge in [0.2, 0.25) is 5.92 Å². The molecule has 2 aliphatic carbocycles. The van der Waals surface area contributed by atoms with Gasteiger partial charge in [-0.15, -0.1) is 0 Å². The lowest BCUT2D eigenvalue weighted by molar-refractivity contribution is -0.0495. The van der Waals surface area contributed by atoms with Gasteiger partial charge in [0.25, 0.3) is 5.91 Å². The van der Waals surface area contributed by atoms with Crippen molar-refractivity contribution in [2.45, 2.75) is 69.9 Å². The maximum atomic E-state index is 14.0. The van der Waals surface area contributed by atoms with E-state index >= 15 is 0 Å². The van der Waals surface area contributed by atoms with E-state index in [1.807, 2.05) is 6.07 Å². The molecule has 3 aromatic heterocycles. The molecule has 1 saturated heterocycles. The summed E-state index contributed by atoms with van der Waals surface area (Å²) in [4.78, 5) is 32.0. The summed E-state index contributed by atoms with van der Waals surface area (Å²) in [5.41, 5.74) is 2.57. The Morgan fingerprint density at radius 2 is 2.05 bits per heavy atom. The van der Waals surface area contributed by atoms with Gasteiger partial charge in [0.15, 0.2) is 11.3 Å². The van der Waals surface area contributed by atoms with Gasteiger partial charge in [-0.3, -0.25) is 4.79 Å². The van der Waals surface area contributed by atoms with Gasteiger partial charge in [-0.25, -0.2) is 27.7 Å². The Morgan fingerprint density at radius 1 is 1.26 bits per heavy atom. The third-order valence-electron chi connectivity index (χ3n) is 7.72. The molecule has 4 heterocycles. The number of nitrogens with one attached hydrogen (secondary N) is 2. The smallest absolute Gasteiger partial charge is 0.317 e. The number of carbonyl (C=O) groups is 2. The Bertz CT molecular complexity index is 1340. The fraction of sp³-hybridized carbons (Fsp3) is 0.600. The van der Waals surface area contributed by atoms with E-state index in [2.05, 4.69) is 33.0 Å². The SMILES string of the molecule is C[C@H]1CNC(=O)N(Cc2cnn3cc([C@@H](NC(=O)c4nonc4C4CC4)C4CCC(F)(F)CC4)nc3c2)C1. The number of aromatic nitrogens is 5. The fourth-order valence-electron chi connectivity index (χ4n) is 5.44. The molecule has 0 spiro atoms. The van der Waals surface area contributed by atoms with E-state index in [1.54, 1.807) is 21.8 Å². The van der Waals surface area contributed by atoms with Crippen LogP contribution in [0, 0.1) is 11.8 Å². The van der Waals surface area contributed by atoms with Gasteiger partial charge in [-0.2, -0.15) is 5.10 Å². The van der Waals surface area contributed by atoms with E-state index in [1.165, 1.54) is 0 Å². The fourth-order valence-corrected chi connectivity index (χ4v) is 5.44. The van der Waals surface area contributed by atoms with Gasteiger partial charge in [-0.05, 0) is 54.3 Å². The van der Waals surface area contributed by atoms with Crippen LogP contribution >= 0.6 is 0 Å². The molecule has 2 saturated carbocycles. The molecule has 2 atom stereocenters. The number of nitrogens with zero attached hydrogens (tertiary/aromatic N) is 6. The number of fused-ring (bicyclic) bond motifs is 1. The molecule has 0 unspecified atom stereocenters. The molecule has 1 aliphatic heterocycles. The summed E-state index contributed by atoms with van der Waals surface area (Å²) in [5, 5.41) is 18.1. The number of alkyl halides is 2. The molecular weight excluding hydrogens is 498 g/mol. The number of amides is 3. The summed E-state index contributed by atoms with van der Waals surface area (Å²) < 4.78 is 34.4. The number of rotatable bonds is 7. The molecule has 3 aromatic rings. The molecule has 38 heavy (non-hydrogen) atoms. The van der Waals surface area contributed by atoms with Crippen molar-refractivity contribution < 1.29 is 23.0 Å². The lowest BCUT2D eigenvalue weighted by atomic mass is 9.81. The van der Waals surface area contributed by atoms with Gasteiger partial charge in [0.1, 0.15) is 5.69 Å². The maximum Gasteiger partial charge on any atom is 0.317 e. The van der Waals surface area contributed by atoms with Crippen LogP contribution in [0.2, 0.25) is 0 Å². The predicted octanol–water partition coefficient (Wildman–Crippen LogP) is 3.45. The quantitative estimate of drug-likeness (QED) is 0.480. The van der Waals surface area contributed by atoms with E-state index in [-0.39, 0.29) is 49.2 Å². The molecule has 0 radical (unpaired) electrons. The molecule has 2 N–H and O–H groups in total. The highest BCUT2D eigenvalue weighted by atomic mass is 19.3. The highest BCUT2D eigenvalue weighted by Crippen LogP contribution is 2.42. The van der Waals surface area contributed by atoms with Crippen molar-refractivity contribution in [1.29, 1.82) is 0 Å². The minimum absolute atomic E-state index is 0.114. The summed E-state index contributed by atoms with van der Waals surface area (Å²) in [6, 6.07) is 1.13. The third-order valence-corrected chi connectivity index (χ3v) is 7.72. The number of carbonyl (C=O) groups excluding carboxylic acids is 2. The molecule has 0 aromatic carbocycles. The third kappa shape index (κ3) is 5.05. The summed E-state index contributed by atoms with van der Waals surface area (Å²) in [6.45, 7) is 3.77. The summed E-state index contributed by atoms with van der Waals surface area (Å²) >= 11 is 0. The number of halogens is 2. The zero-order valence-electron chi connectivity index (χ0n) is 21.1. The van der Waals surface area contributed by atoms with E-state index in [9.17, 15) is 18.4 Å². The van der Waals surface area contributed by atoms with Crippen molar-refractivity contribution >= 4 is 17.6 Å². The van der Waals surface area contributed by atoms with Crippen LogP contribution < -0.4 is 10.6 Å². The topological polar surface area (TPSA) is 131 Å². The second-order valence-corrected chi connectivity index (χ2v) is 10.9. The summed E-state index contributed by atoms with van der Waals surface area (Å²) in [5.74, 6) is -2.88. The van der Waals surface area contributed by atoms with E-state index in [0.29, 0.717) is 42.6 Å². The number of hydrogen-bond acceptors (Lipinski definition) is 7. The van der Waals surface area contributed by atoms with Gasteiger partial charge < -0.3 is 15.5 Å². The Balaban J connectivity index is 1.26. The van der Waals surface area contributed by atoms with Crippen LogP contribution in [0.3, 0.4) is 0 Å². The van der Waals surface area contributed by atoms with Crippen LogP contribution in [-0.2, 0) is 6.54 Å². The first kappa shape index (κ1) is 24.7. The van der Waals surface area contributed by atoms with Crippen LogP contribution in [0.1, 0.15) is 84.8 Å². The highest BCUT2D eigenvalue weighted by Gasteiger charge is 2.40. The standard InChI is InChI=1S/C25H30F2N8O3/c1-14-9-28-24(37)34(11-14)12-15-8-19-30-18(13-35(19)29-10-15)20(17-4-6-25(26,27)7-5-17)31-23(36)22-21(16-2-3-16)32-38-33-22/h8,10,13-14,16-17,20H,2-7,9,11-12H2,1H3,(H,28,37)(H,31,36)/t14-,20-/m0/s1. The second kappa shape index (κ2) is 9.59. The van der Waals surface area contributed by atoms with Gasteiger partial charge >= 0.3 is 6.03 Å². The molecule has 13 heteroatoms. The van der Waals surface area contributed by atoms with E-state index < -0.39 is 17.9 Å². The molecule has 6 rings (SSSR count). The van der Waals surface area contributed by atoms with Crippen LogP contribution in [0.4, 0.5) is 13.6 Å². The predicted molar refractivity (Wildman–Crippen MR) is 129 cm³/mol. The minimum atomic E-state index is -2.70. The maximum absolute atomic E-state index is 14.0. The van der Waals surface area contributed by atoms with Gasteiger partial charge in [0, 0.05) is 38.4 Å². The largest absolute Gasteiger partial charge is 0.342 e. The molecule has 202 valence electrons. The van der Waals surface area contributed by atoms with E-state index in [0.717, 1.165) is 18.4 Å². The molecule has 3 amide bonds. The first-order chi connectivity index (χ1) is 18.3. The van der Waals surface area contributed by atoms with Crippen molar-refractivity contribution in [2.75, 3.05) is 13.1 Å². The number of urea groups is 1. The number of imidazole rings is 1. The Morgan fingerprint density at radius 3 is 2.82 bits per heavy atom. The Hall–Kier alpha value is -3.64. The molecule has 0 bridgehead atoms. The number of hydrogen-bond donors (Lipinski definition) is 2. The van der Waals surface area contributed by atoms with Gasteiger partial charge in [0.05, 0.1) is 24.1 Å². The van der Waals surface area contributed by atoms with Crippen molar-refractivity contribution in [2.24, 2.45) is 11.8 Å². The zero-order chi connectivity index (χ0) is 26.4. The van der Waals surface area contributed by atoms with Crippen molar-refractivity contribution in [3.63, 3.8) is 0 Å². The second-order valence-electron chi connectivity index (χ2n) is 10.9. The first-order valence-electron chi connectivity index (χ1n) is 13.1. The minimum Gasteiger partial charge on any atom is -0.342 e.